The van der Waals surface area contributed by atoms with Gasteiger partial charge >= 0.3 is 0 Å². The standard InChI is InChI=1S/C38H64Br2N4/c1-3-5-7-17-21-29-41-35-25-31-43(32-26-35)37(39)23-19-15-13-11-9-10-12-14-16-20-24-38(40)44-33-27-36(28-34-44)42-30-22-18-8-6-4-2/h25-28,31-34,37-38H,3-24,29-30H2,1-2H3/p+2. The number of rotatable bonds is 29. The van der Waals surface area contributed by atoms with Crippen LogP contribution < -0.4 is 19.8 Å². The van der Waals surface area contributed by atoms with Crippen molar-refractivity contribution < 1.29 is 9.13 Å². The minimum atomic E-state index is 0.398. The van der Waals surface area contributed by atoms with Crippen LogP contribution in [0.15, 0.2) is 49.1 Å². The van der Waals surface area contributed by atoms with Crippen molar-refractivity contribution in [1.82, 2.24) is 0 Å². The summed E-state index contributed by atoms with van der Waals surface area (Å²) in [4.78, 5) is 0.795. The van der Waals surface area contributed by atoms with Gasteiger partial charge in [0.25, 0.3) is 0 Å². The first kappa shape index (κ1) is 39.0. The van der Waals surface area contributed by atoms with Crippen molar-refractivity contribution in [1.29, 1.82) is 0 Å². The molecule has 0 fully saturated rings. The van der Waals surface area contributed by atoms with Gasteiger partial charge in [-0.15, -0.1) is 0 Å². The number of hydrogen-bond acceptors (Lipinski definition) is 2. The van der Waals surface area contributed by atoms with E-state index in [0.717, 1.165) is 13.1 Å². The topological polar surface area (TPSA) is 31.8 Å². The summed E-state index contributed by atoms with van der Waals surface area (Å²) in [5, 5.41) is 7.13. The number of hydrogen-bond donors (Lipinski definition) is 2. The second-order valence-electron chi connectivity index (χ2n) is 12.7. The zero-order valence-corrected chi connectivity index (χ0v) is 31.6. The number of nitrogens with one attached hydrogen (secondary N) is 2. The van der Waals surface area contributed by atoms with Crippen LogP contribution in [0.25, 0.3) is 0 Å². The first-order valence-corrected chi connectivity index (χ1v) is 20.2. The SMILES string of the molecule is CCCCCCCNc1cc[n+](C(Br)CCCCCCCCCCCCC(Br)[n+]2ccc(NCCCCCCC)cc2)cc1. The maximum atomic E-state index is 3.90. The van der Waals surface area contributed by atoms with Crippen LogP contribution >= 0.6 is 31.9 Å². The van der Waals surface area contributed by atoms with E-state index in [1.165, 1.54) is 153 Å². The number of pyridine rings is 2. The molecular weight excluding hydrogens is 672 g/mol. The fraction of sp³-hybridized carbons (Fsp3) is 0.737. The number of halogens is 2. The summed E-state index contributed by atoms with van der Waals surface area (Å²) in [6, 6.07) is 8.85. The van der Waals surface area contributed by atoms with E-state index in [1.54, 1.807) is 0 Å². The Hall–Kier alpha value is -1.14. The van der Waals surface area contributed by atoms with Crippen molar-refractivity contribution in [2.45, 2.75) is 165 Å². The van der Waals surface area contributed by atoms with Crippen molar-refractivity contribution in [2.24, 2.45) is 0 Å². The van der Waals surface area contributed by atoms with E-state index in [2.05, 4.69) is 115 Å². The summed E-state index contributed by atoms with van der Waals surface area (Å²) < 4.78 is 4.60. The normalized spacial score (nSPS) is 12.7. The molecule has 6 heteroatoms. The lowest BCUT2D eigenvalue weighted by Crippen LogP contribution is -2.35. The average Bonchev–Trinajstić information content (AvgIpc) is 3.05. The molecule has 2 atom stereocenters. The lowest BCUT2D eigenvalue weighted by molar-refractivity contribution is -0.698. The molecule has 44 heavy (non-hydrogen) atoms. The van der Waals surface area contributed by atoms with E-state index >= 15 is 0 Å². The van der Waals surface area contributed by atoms with Crippen LogP contribution in [-0.2, 0) is 0 Å². The Kier molecular flexibility index (Phi) is 24.0. The molecule has 0 amide bonds. The molecule has 0 aliphatic rings. The van der Waals surface area contributed by atoms with Crippen LogP contribution in [0.1, 0.15) is 165 Å². The molecule has 0 aromatic carbocycles. The lowest BCUT2D eigenvalue weighted by Gasteiger charge is -2.08. The first-order chi connectivity index (χ1) is 21.6. The van der Waals surface area contributed by atoms with Gasteiger partial charge in [0.1, 0.15) is 0 Å². The highest BCUT2D eigenvalue weighted by molar-refractivity contribution is 9.09. The molecule has 0 saturated carbocycles. The number of anilines is 2. The van der Waals surface area contributed by atoms with Crippen LogP contribution in [0.3, 0.4) is 0 Å². The monoisotopic (exact) mass is 736 g/mol. The van der Waals surface area contributed by atoms with Gasteiger partial charge in [-0.3, -0.25) is 0 Å². The van der Waals surface area contributed by atoms with Crippen molar-refractivity contribution >= 4 is 43.2 Å². The van der Waals surface area contributed by atoms with Gasteiger partial charge in [-0.25, -0.2) is 0 Å². The number of nitrogens with zero attached hydrogens (tertiary/aromatic N) is 2. The lowest BCUT2D eigenvalue weighted by atomic mass is 10.1. The van der Waals surface area contributed by atoms with Crippen LogP contribution in [0, 0.1) is 0 Å². The molecule has 0 bridgehead atoms. The molecule has 2 unspecified atom stereocenters. The molecule has 2 aromatic heterocycles. The fourth-order valence-corrected chi connectivity index (χ4v) is 6.94. The zero-order valence-electron chi connectivity index (χ0n) is 28.4. The predicted molar refractivity (Wildman–Crippen MR) is 199 cm³/mol. The minimum Gasteiger partial charge on any atom is -0.385 e. The molecule has 2 heterocycles. The van der Waals surface area contributed by atoms with E-state index in [-0.39, 0.29) is 0 Å². The van der Waals surface area contributed by atoms with Crippen LogP contribution in [-0.4, -0.2) is 13.1 Å². The van der Waals surface area contributed by atoms with Crippen molar-refractivity contribution in [3.63, 3.8) is 0 Å². The minimum absolute atomic E-state index is 0.398. The zero-order chi connectivity index (χ0) is 31.5. The van der Waals surface area contributed by atoms with Gasteiger partial charge in [-0.1, -0.05) is 117 Å². The third-order valence-corrected chi connectivity index (χ3v) is 10.6. The second-order valence-corrected chi connectivity index (χ2v) is 14.8. The van der Waals surface area contributed by atoms with E-state index in [4.69, 9.17) is 0 Å². The van der Waals surface area contributed by atoms with Gasteiger partial charge in [0.05, 0.1) is 0 Å². The Bertz CT molecular complexity index is 831. The fourth-order valence-electron chi connectivity index (χ4n) is 5.75. The molecule has 4 nitrogen and oxygen atoms in total. The van der Waals surface area contributed by atoms with Crippen LogP contribution in [0.2, 0.25) is 0 Å². The summed E-state index contributed by atoms with van der Waals surface area (Å²) in [6.07, 6.45) is 38.1. The Morgan fingerprint density at radius 2 is 0.750 bits per heavy atom. The van der Waals surface area contributed by atoms with E-state index < -0.39 is 0 Å². The van der Waals surface area contributed by atoms with Crippen molar-refractivity contribution in [3.8, 4) is 0 Å². The Balaban J connectivity index is 1.39. The Morgan fingerprint density at radius 1 is 0.455 bits per heavy atom. The summed E-state index contributed by atoms with van der Waals surface area (Å²) >= 11 is 7.80. The van der Waals surface area contributed by atoms with Crippen molar-refractivity contribution in [3.05, 3.63) is 49.1 Å². The van der Waals surface area contributed by atoms with Crippen molar-refractivity contribution in [2.75, 3.05) is 23.7 Å². The summed E-state index contributed by atoms with van der Waals surface area (Å²) in [5.41, 5.74) is 2.47. The molecule has 0 aliphatic carbocycles. The Morgan fingerprint density at radius 3 is 1.09 bits per heavy atom. The average molecular weight is 739 g/mol. The van der Waals surface area contributed by atoms with Gasteiger partial charge < -0.3 is 10.6 Å². The van der Waals surface area contributed by atoms with Gasteiger partial charge in [-0.2, -0.15) is 9.13 Å². The largest absolute Gasteiger partial charge is 0.385 e. The van der Waals surface area contributed by atoms with E-state index in [9.17, 15) is 0 Å². The third-order valence-electron chi connectivity index (χ3n) is 8.71. The van der Waals surface area contributed by atoms with Crippen LogP contribution in [0.5, 0.6) is 0 Å². The maximum Gasteiger partial charge on any atom is 0.211 e. The Labute approximate surface area is 288 Å². The third kappa shape index (κ3) is 19.4. The molecule has 2 rings (SSSR count). The van der Waals surface area contributed by atoms with Gasteiger partial charge in [0, 0.05) is 61.6 Å². The summed E-state index contributed by atoms with van der Waals surface area (Å²) in [5.74, 6) is 0. The molecule has 0 aliphatic heterocycles. The highest BCUT2D eigenvalue weighted by Crippen LogP contribution is 2.20. The number of aromatic nitrogens is 2. The molecular formula is C38H66Br2N4+2. The molecule has 2 N–H and O–H groups in total. The number of alkyl halides is 2. The smallest absolute Gasteiger partial charge is 0.211 e. The van der Waals surface area contributed by atoms with E-state index in [1.807, 2.05) is 0 Å². The van der Waals surface area contributed by atoms with E-state index in [0.29, 0.717) is 9.90 Å². The maximum absolute atomic E-state index is 3.90. The predicted octanol–water partition coefficient (Wildman–Crippen LogP) is 12.2. The van der Waals surface area contributed by atoms with Gasteiger partial charge in [0.15, 0.2) is 24.8 Å². The highest BCUT2D eigenvalue weighted by Gasteiger charge is 2.14. The van der Waals surface area contributed by atoms with Gasteiger partial charge in [-0.05, 0) is 57.5 Å². The van der Waals surface area contributed by atoms with Gasteiger partial charge in [0.2, 0.25) is 9.90 Å². The number of unbranched alkanes of at least 4 members (excludes halogenated alkanes) is 17. The summed E-state index contributed by atoms with van der Waals surface area (Å²) in [7, 11) is 0. The molecule has 0 saturated heterocycles. The second kappa shape index (κ2) is 27.0. The molecule has 0 spiro atoms. The molecule has 250 valence electrons. The van der Waals surface area contributed by atoms with Crippen LogP contribution in [0.4, 0.5) is 11.4 Å². The molecule has 2 aromatic rings. The highest BCUT2D eigenvalue weighted by atomic mass is 79.9. The summed E-state index contributed by atoms with van der Waals surface area (Å²) in [6.45, 7) is 6.70. The molecule has 0 radical (unpaired) electrons. The first-order valence-electron chi connectivity index (χ1n) is 18.4. The quantitative estimate of drug-likeness (QED) is 0.0495.